The molecule has 0 fully saturated rings. The van der Waals surface area contributed by atoms with Gasteiger partial charge in [0.15, 0.2) is 0 Å². The Hall–Kier alpha value is -2.50. The van der Waals surface area contributed by atoms with Crippen LogP contribution in [0.15, 0.2) is 44.6 Å². The molecule has 0 bridgehead atoms. The number of benzene rings is 1. The number of hydrogen-bond donors (Lipinski definition) is 2. The minimum absolute atomic E-state index is 0.509. The Labute approximate surface area is 130 Å². The van der Waals surface area contributed by atoms with Gasteiger partial charge in [-0.15, -0.1) is 0 Å². The molecule has 1 rings (SSSR count). The Morgan fingerprint density at radius 1 is 0.773 bits per heavy atom. The highest BCUT2D eigenvalue weighted by Gasteiger charge is 2.00. The maximum Gasteiger partial charge on any atom is 0.0971 e. The predicted octanol–water partition coefficient (Wildman–Crippen LogP) is 3.31. The second-order valence-electron chi connectivity index (χ2n) is 4.99. The van der Waals surface area contributed by atoms with Gasteiger partial charge in [0.2, 0.25) is 0 Å². The fourth-order valence-electron chi connectivity index (χ4n) is 1.62. The van der Waals surface area contributed by atoms with Gasteiger partial charge in [-0.25, -0.2) is 0 Å². The molecule has 0 heterocycles. The third kappa shape index (κ3) is 5.47. The van der Waals surface area contributed by atoms with Crippen molar-refractivity contribution >= 4 is 22.8 Å². The van der Waals surface area contributed by atoms with Gasteiger partial charge in [0.05, 0.1) is 35.9 Å². The maximum absolute atomic E-state index is 8.70. The number of hydrogen-bond acceptors (Lipinski definition) is 6. The molecule has 0 amide bonds. The van der Waals surface area contributed by atoms with Gasteiger partial charge in [-0.2, -0.15) is 0 Å². The smallest absolute Gasteiger partial charge is 0.0971 e. The molecule has 1 aromatic carbocycles. The molecule has 2 N–H and O–H groups in total. The summed E-state index contributed by atoms with van der Waals surface area (Å²) >= 11 is 0. The van der Waals surface area contributed by atoms with Crippen LogP contribution in [0.2, 0.25) is 0 Å². The van der Waals surface area contributed by atoms with Crippen molar-refractivity contribution in [3.8, 4) is 0 Å². The van der Waals surface area contributed by atoms with E-state index in [-0.39, 0.29) is 0 Å². The second-order valence-corrected chi connectivity index (χ2v) is 4.99. The molecule has 0 aromatic heterocycles. The Bertz CT molecular complexity index is 580. The molecule has 6 nitrogen and oxygen atoms in total. The Balaban J connectivity index is 2.79. The van der Waals surface area contributed by atoms with Gasteiger partial charge >= 0.3 is 0 Å². The van der Waals surface area contributed by atoms with Crippen LogP contribution in [0, 0.1) is 0 Å². The monoisotopic (exact) mass is 302 g/mol. The van der Waals surface area contributed by atoms with Crippen molar-refractivity contribution in [2.75, 3.05) is 0 Å². The number of aliphatic imine (C=N–C) groups is 2. The van der Waals surface area contributed by atoms with Crippen LogP contribution in [0.5, 0.6) is 0 Å². The van der Waals surface area contributed by atoms with Gasteiger partial charge in [-0.3, -0.25) is 9.98 Å². The van der Waals surface area contributed by atoms with Crippen LogP contribution in [0.25, 0.3) is 0 Å². The molecular formula is C16H22N4O2. The van der Waals surface area contributed by atoms with Crippen molar-refractivity contribution in [2.45, 2.75) is 40.8 Å². The van der Waals surface area contributed by atoms with E-state index in [9.17, 15) is 0 Å². The first-order chi connectivity index (χ1) is 10.5. The fraction of sp³-hybridized carbons (Fsp3) is 0.375. The molecule has 0 atom stereocenters. The van der Waals surface area contributed by atoms with Gasteiger partial charge in [0, 0.05) is 0 Å². The zero-order chi connectivity index (χ0) is 16.5. The Morgan fingerprint density at radius 2 is 1.18 bits per heavy atom. The van der Waals surface area contributed by atoms with Gasteiger partial charge in [-0.05, 0) is 38.8 Å². The molecule has 0 saturated carbocycles. The van der Waals surface area contributed by atoms with Crippen molar-refractivity contribution in [1.29, 1.82) is 0 Å². The maximum atomic E-state index is 8.70. The highest BCUT2D eigenvalue weighted by Crippen LogP contribution is 2.08. The lowest BCUT2D eigenvalue weighted by Gasteiger charge is -2.03. The van der Waals surface area contributed by atoms with E-state index < -0.39 is 0 Å². The standard InChI is InChI=1S/C16H22N4O2/c1-11(13(3)19-21)17-9-15-6-5-7-16(8-15)10-18-12(2)14(4)20-22/h5-8,21-22H,9-10H2,1-4H3/b17-11?,18-12?,19-13+,20-14+. The summed E-state index contributed by atoms with van der Waals surface area (Å²) in [5.74, 6) is 0. The highest BCUT2D eigenvalue weighted by atomic mass is 16.4. The van der Waals surface area contributed by atoms with E-state index in [4.69, 9.17) is 10.4 Å². The average molecular weight is 302 g/mol. The number of rotatable bonds is 6. The normalized spacial score (nSPS) is 14.4. The molecule has 0 saturated heterocycles. The summed E-state index contributed by atoms with van der Waals surface area (Å²) < 4.78 is 0. The van der Waals surface area contributed by atoms with Crippen LogP contribution in [-0.4, -0.2) is 33.3 Å². The van der Waals surface area contributed by atoms with Crippen LogP contribution < -0.4 is 0 Å². The van der Waals surface area contributed by atoms with Gasteiger partial charge in [0.1, 0.15) is 0 Å². The fourth-order valence-corrected chi connectivity index (χ4v) is 1.62. The largest absolute Gasteiger partial charge is 0.411 e. The topological polar surface area (TPSA) is 89.9 Å². The van der Waals surface area contributed by atoms with Crippen molar-refractivity contribution in [3.63, 3.8) is 0 Å². The van der Waals surface area contributed by atoms with E-state index in [1.54, 1.807) is 13.8 Å². The summed E-state index contributed by atoms with van der Waals surface area (Å²) in [5.41, 5.74) is 4.55. The molecule has 0 aliphatic rings. The molecule has 0 spiro atoms. The van der Waals surface area contributed by atoms with Gasteiger partial charge in [0.25, 0.3) is 0 Å². The second kappa shape index (κ2) is 8.71. The summed E-state index contributed by atoms with van der Waals surface area (Å²) in [4.78, 5) is 8.76. The summed E-state index contributed by atoms with van der Waals surface area (Å²) in [6, 6.07) is 7.97. The van der Waals surface area contributed by atoms with Crippen molar-refractivity contribution in [2.24, 2.45) is 20.3 Å². The first-order valence-corrected chi connectivity index (χ1v) is 6.96. The molecular weight excluding hydrogens is 280 g/mol. The lowest BCUT2D eigenvalue weighted by atomic mass is 10.1. The molecule has 6 heteroatoms. The molecule has 0 aliphatic heterocycles. The lowest BCUT2D eigenvalue weighted by molar-refractivity contribution is 0.319. The van der Waals surface area contributed by atoms with Crippen LogP contribution in [0.4, 0.5) is 0 Å². The predicted molar refractivity (Wildman–Crippen MR) is 89.9 cm³/mol. The highest BCUT2D eigenvalue weighted by molar-refractivity contribution is 6.40. The van der Waals surface area contributed by atoms with E-state index >= 15 is 0 Å². The number of oxime groups is 2. The van der Waals surface area contributed by atoms with Crippen molar-refractivity contribution in [3.05, 3.63) is 35.4 Å². The van der Waals surface area contributed by atoms with E-state index in [1.807, 2.05) is 38.1 Å². The van der Waals surface area contributed by atoms with Crippen LogP contribution in [-0.2, 0) is 13.1 Å². The minimum atomic E-state index is 0.509. The molecule has 0 radical (unpaired) electrons. The Morgan fingerprint density at radius 3 is 1.55 bits per heavy atom. The summed E-state index contributed by atoms with van der Waals surface area (Å²) in [6.07, 6.45) is 0. The lowest BCUT2D eigenvalue weighted by Crippen LogP contribution is -2.06. The summed E-state index contributed by atoms with van der Waals surface area (Å²) in [5, 5.41) is 23.7. The molecule has 0 aliphatic carbocycles. The third-order valence-corrected chi connectivity index (χ3v) is 3.34. The summed E-state index contributed by atoms with van der Waals surface area (Å²) in [6.45, 7) is 8.07. The van der Waals surface area contributed by atoms with Crippen molar-refractivity contribution < 1.29 is 10.4 Å². The van der Waals surface area contributed by atoms with Gasteiger partial charge in [-0.1, -0.05) is 34.6 Å². The SMILES string of the molecule is CC(=NCc1cccc(CN=C(C)/C(C)=N/O)c1)/C(C)=N/O. The quantitative estimate of drug-likeness (QED) is 0.479. The third-order valence-electron chi connectivity index (χ3n) is 3.34. The van der Waals surface area contributed by atoms with E-state index in [0.717, 1.165) is 11.1 Å². The van der Waals surface area contributed by atoms with E-state index in [0.29, 0.717) is 35.9 Å². The minimum Gasteiger partial charge on any atom is -0.411 e. The number of nitrogens with zero attached hydrogens (tertiary/aromatic N) is 4. The van der Waals surface area contributed by atoms with Crippen LogP contribution in [0.1, 0.15) is 38.8 Å². The van der Waals surface area contributed by atoms with E-state index in [1.165, 1.54) is 0 Å². The zero-order valence-electron chi connectivity index (χ0n) is 13.4. The molecule has 22 heavy (non-hydrogen) atoms. The molecule has 118 valence electrons. The van der Waals surface area contributed by atoms with Crippen LogP contribution >= 0.6 is 0 Å². The molecule has 1 aromatic rings. The van der Waals surface area contributed by atoms with Crippen LogP contribution in [0.3, 0.4) is 0 Å². The first-order valence-electron chi connectivity index (χ1n) is 6.96. The van der Waals surface area contributed by atoms with Gasteiger partial charge < -0.3 is 10.4 Å². The average Bonchev–Trinajstić information content (AvgIpc) is 2.56. The summed E-state index contributed by atoms with van der Waals surface area (Å²) in [7, 11) is 0. The van der Waals surface area contributed by atoms with Crippen molar-refractivity contribution in [1.82, 2.24) is 0 Å². The van der Waals surface area contributed by atoms with E-state index in [2.05, 4.69) is 20.3 Å². The first kappa shape index (κ1) is 17.6. The zero-order valence-corrected chi connectivity index (χ0v) is 13.4. The Kier molecular flexibility index (Phi) is 6.95. The molecule has 0 unspecified atom stereocenters.